The number of phenolic OH excluding ortho intramolecular Hbond substituents is 3. The maximum absolute atomic E-state index is 12.5. The number of rotatable bonds is 3. The Hall–Kier alpha value is -3.68. The Balaban J connectivity index is 1.68. The van der Waals surface area contributed by atoms with E-state index in [-0.39, 0.29) is 33.8 Å². The van der Waals surface area contributed by atoms with Crippen molar-refractivity contribution < 1.29 is 54.4 Å². The molecule has 2 aromatic carbocycles. The van der Waals surface area contributed by atoms with Gasteiger partial charge in [-0.15, -0.1) is 0 Å². The molecule has 12 nitrogen and oxygen atoms in total. The number of fused-ring (bicyclic) bond motifs is 1. The van der Waals surface area contributed by atoms with Crippen LogP contribution >= 0.6 is 0 Å². The molecule has 0 unspecified atom stereocenters. The summed E-state index contributed by atoms with van der Waals surface area (Å²) in [6, 6.07) is 6.78. The Labute approximate surface area is 183 Å². The smallest absolute Gasteiger partial charge is 0.343 e. The first-order valence-electron chi connectivity index (χ1n) is 9.49. The zero-order valence-electron chi connectivity index (χ0n) is 16.5. The number of esters is 1. The molecule has 0 bridgehead atoms. The average molecular weight is 462 g/mol. The summed E-state index contributed by atoms with van der Waals surface area (Å²) in [6.07, 6.45) is -9.49. The average Bonchev–Trinajstić information content (AvgIpc) is 2.76. The van der Waals surface area contributed by atoms with Crippen molar-refractivity contribution in [3.8, 4) is 34.3 Å². The van der Waals surface area contributed by atoms with Gasteiger partial charge < -0.3 is 49.6 Å². The maximum atomic E-state index is 12.5. The highest BCUT2D eigenvalue weighted by Crippen LogP contribution is 2.34. The van der Waals surface area contributed by atoms with Crippen LogP contribution in [0.2, 0.25) is 0 Å². The quantitative estimate of drug-likeness (QED) is 0.146. The van der Waals surface area contributed by atoms with Gasteiger partial charge >= 0.3 is 5.97 Å². The van der Waals surface area contributed by atoms with Crippen LogP contribution in [-0.2, 0) is 9.53 Å². The Morgan fingerprint density at radius 2 is 1.58 bits per heavy atom. The molecule has 4 rings (SSSR count). The molecule has 0 radical (unpaired) electrons. The molecule has 0 spiro atoms. The third-order valence-corrected chi connectivity index (χ3v) is 5.08. The number of aliphatic hydroxyl groups excluding tert-OH is 4. The molecule has 1 aromatic heterocycles. The fourth-order valence-corrected chi connectivity index (χ4v) is 3.35. The molecule has 1 aliphatic rings. The SMILES string of the molecule is O=C(Oc1cc(O)c2c(=O)cc(-c3ccc(O)c(O)c3)oc2c1)[C@@H]1O[C@H](O)[C@@H](O)[C@H](O)[C@H]1O. The van der Waals surface area contributed by atoms with Crippen LogP contribution in [0.15, 0.2) is 45.6 Å². The fraction of sp³-hybridized carbons (Fsp3) is 0.238. The van der Waals surface area contributed by atoms with Gasteiger partial charge in [0.05, 0.1) is 0 Å². The Morgan fingerprint density at radius 3 is 2.27 bits per heavy atom. The van der Waals surface area contributed by atoms with Gasteiger partial charge in [0.1, 0.15) is 46.5 Å². The third-order valence-electron chi connectivity index (χ3n) is 5.08. The van der Waals surface area contributed by atoms with Crippen LogP contribution in [0.4, 0.5) is 0 Å². The normalized spacial score (nSPS) is 25.2. The van der Waals surface area contributed by atoms with Crippen LogP contribution in [0, 0.1) is 0 Å². The van der Waals surface area contributed by atoms with Gasteiger partial charge in [-0.3, -0.25) is 4.79 Å². The van der Waals surface area contributed by atoms with E-state index in [0.29, 0.717) is 0 Å². The minimum atomic E-state index is -1.96. The summed E-state index contributed by atoms with van der Waals surface area (Å²) < 4.78 is 15.4. The molecule has 33 heavy (non-hydrogen) atoms. The van der Waals surface area contributed by atoms with Gasteiger partial charge in [-0.25, -0.2) is 4.79 Å². The van der Waals surface area contributed by atoms with E-state index in [2.05, 4.69) is 0 Å². The Morgan fingerprint density at radius 1 is 0.848 bits per heavy atom. The molecule has 2 heterocycles. The second-order valence-corrected chi connectivity index (χ2v) is 7.33. The lowest BCUT2D eigenvalue weighted by Gasteiger charge is -2.36. The van der Waals surface area contributed by atoms with Gasteiger partial charge in [0.2, 0.25) is 0 Å². The highest BCUT2D eigenvalue weighted by atomic mass is 16.7. The molecule has 1 aliphatic heterocycles. The first kappa shape index (κ1) is 22.5. The summed E-state index contributed by atoms with van der Waals surface area (Å²) in [7, 11) is 0. The number of hydrogen-bond donors (Lipinski definition) is 7. The van der Waals surface area contributed by atoms with E-state index in [1.54, 1.807) is 0 Å². The highest BCUT2D eigenvalue weighted by molar-refractivity contribution is 5.87. The fourth-order valence-electron chi connectivity index (χ4n) is 3.35. The van der Waals surface area contributed by atoms with Gasteiger partial charge in [0.25, 0.3) is 0 Å². The monoisotopic (exact) mass is 462 g/mol. The summed E-state index contributed by atoms with van der Waals surface area (Å²) in [5.74, 6) is -3.07. The van der Waals surface area contributed by atoms with Gasteiger partial charge in [-0.1, -0.05) is 0 Å². The molecule has 1 saturated heterocycles. The molecular formula is C21H18O12. The Bertz CT molecular complexity index is 1280. The third kappa shape index (κ3) is 4.08. The van der Waals surface area contributed by atoms with Crippen molar-refractivity contribution in [2.75, 3.05) is 0 Å². The van der Waals surface area contributed by atoms with E-state index in [0.717, 1.165) is 24.3 Å². The van der Waals surface area contributed by atoms with Crippen LogP contribution in [0.5, 0.6) is 23.0 Å². The molecule has 12 heteroatoms. The number of ether oxygens (including phenoxy) is 2. The number of aliphatic hydroxyl groups is 4. The van der Waals surface area contributed by atoms with Crippen molar-refractivity contribution in [1.82, 2.24) is 0 Å². The molecule has 1 fully saturated rings. The number of phenols is 3. The predicted molar refractivity (Wildman–Crippen MR) is 107 cm³/mol. The molecular weight excluding hydrogens is 444 g/mol. The zero-order valence-corrected chi connectivity index (χ0v) is 16.5. The Kier molecular flexibility index (Phi) is 5.69. The molecule has 0 saturated carbocycles. The lowest BCUT2D eigenvalue weighted by molar-refractivity contribution is -0.279. The van der Waals surface area contributed by atoms with Crippen LogP contribution in [0.1, 0.15) is 0 Å². The van der Waals surface area contributed by atoms with Gasteiger partial charge in [0, 0.05) is 23.8 Å². The predicted octanol–water partition coefficient (Wildman–Crippen LogP) is -0.718. The lowest BCUT2D eigenvalue weighted by atomic mass is 9.99. The number of carbonyl (C=O) groups is 1. The second-order valence-electron chi connectivity index (χ2n) is 7.33. The first-order chi connectivity index (χ1) is 15.6. The van der Waals surface area contributed by atoms with Crippen molar-refractivity contribution >= 4 is 16.9 Å². The second kappa shape index (κ2) is 8.35. The first-order valence-corrected chi connectivity index (χ1v) is 9.49. The molecule has 174 valence electrons. The molecule has 0 amide bonds. The van der Waals surface area contributed by atoms with E-state index in [4.69, 9.17) is 13.9 Å². The van der Waals surface area contributed by atoms with E-state index in [9.17, 15) is 45.3 Å². The standard InChI is InChI=1S/C21H18O12/c22-9-2-1-7(3-10(9)23)13-6-12(25)15-11(24)4-8(5-14(15)32-13)31-21(30)19-17(27)16(26)18(28)20(29)33-19/h1-6,16-20,22-24,26-29H/t16-,17-,18+,19-,20+/m1/s1. The maximum Gasteiger partial charge on any atom is 0.343 e. The van der Waals surface area contributed by atoms with Crippen molar-refractivity contribution in [2.45, 2.75) is 30.7 Å². The zero-order chi connectivity index (χ0) is 24.0. The minimum Gasteiger partial charge on any atom is -0.507 e. The lowest BCUT2D eigenvalue weighted by Crippen LogP contribution is -2.60. The highest BCUT2D eigenvalue weighted by Gasteiger charge is 2.47. The molecule has 3 aromatic rings. The summed E-state index contributed by atoms with van der Waals surface area (Å²) in [5.41, 5.74) is -0.625. The van der Waals surface area contributed by atoms with Gasteiger partial charge in [-0.05, 0) is 18.2 Å². The van der Waals surface area contributed by atoms with Crippen LogP contribution in [0.3, 0.4) is 0 Å². The number of aromatic hydroxyl groups is 3. The summed E-state index contributed by atoms with van der Waals surface area (Å²) >= 11 is 0. The number of hydrogen-bond acceptors (Lipinski definition) is 12. The van der Waals surface area contributed by atoms with Crippen LogP contribution < -0.4 is 10.2 Å². The summed E-state index contributed by atoms with van der Waals surface area (Å²) in [5, 5.41) is 67.9. The van der Waals surface area contributed by atoms with E-state index in [1.165, 1.54) is 12.1 Å². The molecule has 5 atom stereocenters. The van der Waals surface area contributed by atoms with Crippen molar-refractivity contribution in [3.63, 3.8) is 0 Å². The van der Waals surface area contributed by atoms with Crippen LogP contribution in [-0.4, -0.2) is 72.4 Å². The van der Waals surface area contributed by atoms with Crippen LogP contribution in [0.25, 0.3) is 22.3 Å². The van der Waals surface area contributed by atoms with E-state index < -0.39 is 53.6 Å². The van der Waals surface area contributed by atoms with Crippen molar-refractivity contribution in [3.05, 3.63) is 46.6 Å². The largest absolute Gasteiger partial charge is 0.507 e. The van der Waals surface area contributed by atoms with E-state index in [1.807, 2.05) is 0 Å². The topological polar surface area (TPSA) is 207 Å². The number of carbonyl (C=O) groups excluding carboxylic acids is 1. The number of benzene rings is 2. The van der Waals surface area contributed by atoms with Crippen molar-refractivity contribution in [1.29, 1.82) is 0 Å². The van der Waals surface area contributed by atoms with E-state index >= 15 is 0 Å². The van der Waals surface area contributed by atoms with Gasteiger partial charge in [0.15, 0.2) is 29.3 Å². The van der Waals surface area contributed by atoms with Gasteiger partial charge in [-0.2, -0.15) is 0 Å². The summed E-state index contributed by atoms with van der Waals surface area (Å²) in [6.45, 7) is 0. The minimum absolute atomic E-state index is 0.0306. The summed E-state index contributed by atoms with van der Waals surface area (Å²) in [4.78, 5) is 24.9. The molecule has 7 N–H and O–H groups in total. The van der Waals surface area contributed by atoms with Crippen molar-refractivity contribution in [2.24, 2.45) is 0 Å². The molecule has 0 aliphatic carbocycles.